The number of nitrogens with one attached hydrogen (secondary N) is 2. The van der Waals surface area contributed by atoms with Crippen LogP contribution in [-0.2, 0) is 4.79 Å². The van der Waals surface area contributed by atoms with Gasteiger partial charge in [0.15, 0.2) is 0 Å². The Morgan fingerprint density at radius 3 is 2.48 bits per heavy atom. The Labute approximate surface area is 197 Å². The van der Waals surface area contributed by atoms with E-state index in [-0.39, 0.29) is 5.91 Å². The molecule has 3 aromatic rings. The van der Waals surface area contributed by atoms with E-state index >= 15 is 0 Å². The van der Waals surface area contributed by atoms with Crippen molar-refractivity contribution in [3.05, 3.63) is 70.1 Å². The van der Waals surface area contributed by atoms with Gasteiger partial charge in [-0.15, -0.1) is 0 Å². The van der Waals surface area contributed by atoms with Crippen molar-refractivity contribution >= 4 is 29.1 Å². The molecule has 1 aromatic heterocycles. The molecule has 1 atom stereocenters. The first-order valence-corrected chi connectivity index (χ1v) is 10.9. The van der Waals surface area contributed by atoms with Crippen molar-refractivity contribution in [2.45, 2.75) is 32.7 Å². The summed E-state index contributed by atoms with van der Waals surface area (Å²) in [7, 11) is 3.03. The van der Waals surface area contributed by atoms with Gasteiger partial charge in [0.25, 0.3) is 5.91 Å². The lowest BCUT2D eigenvalue weighted by atomic mass is 9.92. The molecule has 2 aromatic carbocycles. The van der Waals surface area contributed by atoms with Gasteiger partial charge in [0.2, 0.25) is 5.95 Å². The number of hydrogen-bond acceptors (Lipinski definition) is 6. The van der Waals surface area contributed by atoms with Crippen molar-refractivity contribution in [3.8, 4) is 11.5 Å². The largest absolute Gasteiger partial charge is 0.495 e. The van der Waals surface area contributed by atoms with E-state index in [0.717, 1.165) is 5.56 Å². The minimum Gasteiger partial charge on any atom is -0.495 e. The zero-order valence-corrected chi connectivity index (χ0v) is 19.9. The van der Waals surface area contributed by atoms with Crippen molar-refractivity contribution < 1.29 is 14.3 Å². The van der Waals surface area contributed by atoms with Crippen LogP contribution < -0.4 is 20.1 Å². The zero-order chi connectivity index (χ0) is 23.7. The summed E-state index contributed by atoms with van der Waals surface area (Å²) in [6, 6.07) is 11.0. The number of benzene rings is 2. The quantitative estimate of drug-likeness (QED) is 0.530. The van der Waals surface area contributed by atoms with E-state index in [4.69, 9.17) is 21.1 Å². The maximum Gasteiger partial charge on any atom is 0.255 e. The summed E-state index contributed by atoms with van der Waals surface area (Å²) >= 11 is 6.21. The third-order valence-electron chi connectivity index (χ3n) is 5.68. The van der Waals surface area contributed by atoms with E-state index < -0.39 is 6.04 Å². The Hall–Kier alpha value is -3.52. The molecule has 0 radical (unpaired) electrons. The van der Waals surface area contributed by atoms with Crippen LogP contribution in [0.1, 0.15) is 43.9 Å². The summed E-state index contributed by atoms with van der Waals surface area (Å²) in [5.74, 6) is 1.53. The summed E-state index contributed by atoms with van der Waals surface area (Å²) in [5, 5.41) is 10.9. The second kappa shape index (κ2) is 9.15. The highest BCUT2D eigenvalue weighted by Gasteiger charge is 2.33. The normalized spacial score (nSPS) is 15.2. The lowest BCUT2D eigenvalue weighted by Crippen LogP contribution is -2.31. The van der Waals surface area contributed by atoms with Crippen LogP contribution in [0.25, 0.3) is 0 Å². The highest BCUT2D eigenvalue weighted by Crippen LogP contribution is 2.39. The topological polar surface area (TPSA) is 90.3 Å². The Balaban J connectivity index is 1.75. The number of hydrogen-bond donors (Lipinski definition) is 2. The second-order valence-electron chi connectivity index (χ2n) is 8.06. The molecule has 0 unspecified atom stereocenters. The van der Waals surface area contributed by atoms with Crippen molar-refractivity contribution in [3.63, 3.8) is 0 Å². The fraction of sp³-hybridized carbons (Fsp3) is 0.292. The third kappa shape index (κ3) is 4.26. The van der Waals surface area contributed by atoms with Crippen molar-refractivity contribution in [2.24, 2.45) is 0 Å². The highest BCUT2D eigenvalue weighted by molar-refractivity contribution is 6.32. The molecule has 0 fully saturated rings. The predicted molar refractivity (Wildman–Crippen MR) is 128 cm³/mol. The summed E-state index contributed by atoms with van der Waals surface area (Å²) in [4.78, 5) is 17.9. The molecule has 9 heteroatoms. The van der Waals surface area contributed by atoms with E-state index in [0.29, 0.717) is 45.3 Å². The number of aromatic nitrogens is 3. The first kappa shape index (κ1) is 22.7. The van der Waals surface area contributed by atoms with E-state index in [1.807, 2.05) is 19.1 Å². The monoisotopic (exact) mass is 467 g/mol. The number of carbonyl (C=O) groups excluding carboxylic acids is 1. The molecule has 2 heterocycles. The van der Waals surface area contributed by atoms with Crippen LogP contribution in [0, 0.1) is 0 Å². The van der Waals surface area contributed by atoms with Crippen LogP contribution in [0.5, 0.6) is 11.5 Å². The van der Waals surface area contributed by atoms with Crippen LogP contribution in [0.2, 0.25) is 5.02 Å². The molecule has 1 aliphatic rings. The fourth-order valence-electron chi connectivity index (χ4n) is 3.90. The number of amides is 1. The number of halogens is 1. The van der Waals surface area contributed by atoms with E-state index in [1.54, 1.807) is 16.8 Å². The van der Waals surface area contributed by atoms with Gasteiger partial charge < -0.3 is 20.1 Å². The second-order valence-corrected chi connectivity index (χ2v) is 8.46. The molecular weight excluding hydrogens is 442 g/mol. The molecule has 8 nitrogen and oxygen atoms in total. The number of rotatable bonds is 6. The van der Waals surface area contributed by atoms with Gasteiger partial charge in [-0.25, -0.2) is 4.68 Å². The Bertz CT molecular complexity index is 1220. The number of methoxy groups -OCH3 is 2. The van der Waals surface area contributed by atoms with Gasteiger partial charge in [-0.05, 0) is 24.0 Å². The minimum absolute atomic E-state index is 0.304. The smallest absolute Gasteiger partial charge is 0.255 e. The molecule has 33 heavy (non-hydrogen) atoms. The molecule has 0 aliphatic carbocycles. The molecular formula is C24H26ClN5O3. The predicted octanol–water partition coefficient (Wildman–Crippen LogP) is 5.00. The molecule has 172 valence electrons. The Morgan fingerprint density at radius 2 is 1.85 bits per heavy atom. The van der Waals surface area contributed by atoms with E-state index in [1.165, 1.54) is 26.1 Å². The maximum atomic E-state index is 13.6. The molecule has 0 saturated heterocycles. The van der Waals surface area contributed by atoms with E-state index in [2.05, 4.69) is 46.7 Å². The number of anilines is 2. The summed E-state index contributed by atoms with van der Waals surface area (Å²) < 4.78 is 12.4. The van der Waals surface area contributed by atoms with Gasteiger partial charge in [-0.1, -0.05) is 49.7 Å². The first-order chi connectivity index (χ1) is 15.8. The fourth-order valence-corrected chi connectivity index (χ4v) is 4.14. The lowest BCUT2D eigenvalue weighted by molar-refractivity contribution is -0.113. The van der Waals surface area contributed by atoms with Crippen LogP contribution in [0.3, 0.4) is 0 Å². The van der Waals surface area contributed by atoms with Gasteiger partial charge in [0, 0.05) is 17.8 Å². The van der Waals surface area contributed by atoms with Crippen molar-refractivity contribution in [1.29, 1.82) is 0 Å². The number of fused-ring (bicyclic) bond motifs is 1. The number of carbonyl (C=O) groups is 1. The van der Waals surface area contributed by atoms with Crippen molar-refractivity contribution in [1.82, 2.24) is 14.8 Å². The first-order valence-electron chi connectivity index (χ1n) is 10.5. The number of ether oxygens (including phenoxy) is 2. The zero-order valence-electron chi connectivity index (χ0n) is 19.1. The maximum absolute atomic E-state index is 13.6. The third-order valence-corrected chi connectivity index (χ3v) is 5.98. The number of nitrogens with zero attached hydrogens (tertiary/aromatic N) is 3. The molecule has 0 saturated carbocycles. The average molecular weight is 468 g/mol. The van der Waals surface area contributed by atoms with Crippen LogP contribution in [0.4, 0.5) is 11.6 Å². The van der Waals surface area contributed by atoms with Crippen LogP contribution >= 0.6 is 11.6 Å². The lowest BCUT2D eigenvalue weighted by Gasteiger charge is -2.29. The minimum atomic E-state index is -0.454. The Kier molecular flexibility index (Phi) is 6.29. The standard InChI is InChI=1S/C24H26ClN5O3/c1-13(2)15-6-8-16(9-7-15)22-21(14(3)28-24-26-12-27-30(22)24)23(31)29-18-11-19(32-4)17(25)10-20(18)33-5/h6-13,22H,1-5H3,(H,29,31)(H,26,27,28)/t22-/m1/s1. The van der Waals surface area contributed by atoms with Crippen molar-refractivity contribution in [2.75, 3.05) is 24.9 Å². The van der Waals surface area contributed by atoms with E-state index in [9.17, 15) is 4.79 Å². The van der Waals surface area contributed by atoms with Crippen LogP contribution in [-0.4, -0.2) is 34.9 Å². The highest BCUT2D eigenvalue weighted by atomic mass is 35.5. The molecule has 0 bridgehead atoms. The molecule has 1 amide bonds. The number of allylic oxidation sites excluding steroid dienone is 1. The van der Waals surface area contributed by atoms with Gasteiger partial charge in [-0.3, -0.25) is 4.79 Å². The molecule has 1 aliphatic heterocycles. The molecule has 0 spiro atoms. The molecule has 4 rings (SSSR count). The van der Waals surface area contributed by atoms with Gasteiger partial charge in [-0.2, -0.15) is 10.1 Å². The van der Waals surface area contributed by atoms with Gasteiger partial charge in [0.05, 0.1) is 30.5 Å². The average Bonchev–Trinajstić information content (AvgIpc) is 3.26. The molecule has 2 N–H and O–H groups in total. The summed E-state index contributed by atoms with van der Waals surface area (Å²) in [6.07, 6.45) is 1.47. The summed E-state index contributed by atoms with van der Waals surface area (Å²) in [6.45, 7) is 6.14. The Morgan fingerprint density at radius 1 is 1.15 bits per heavy atom. The SMILES string of the molecule is COc1cc(NC(=O)C2=C(C)Nc3ncnn3[C@@H]2c2ccc(C(C)C)cc2)c(OC)cc1Cl. The van der Waals surface area contributed by atoms with Gasteiger partial charge >= 0.3 is 0 Å². The van der Waals surface area contributed by atoms with Crippen LogP contribution in [0.15, 0.2) is 54.0 Å². The summed E-state index contributed by atoms with van der Waals surface area (Å²) in [5.41, 5.74) is 3.79. The van der Waals surface area contributed by atoms with Gasteiger partial charge in [0.1, 0.15) is 23.9 Å².